The van der Waals surface area contributed by atoms with E-state index in [1.54, 1.807) is 0 Å². The highest BCUT2D eigenvalue weighted by atomic mass is 19.4. The van der Waals surface area contributed by atoms with E-state index in [1.165, 1.54) is 0 Å². The third kappa shape index (κ3) is 5.06. The number of carbonyl (C=O) groups excluding carboxylic acids is 1. The summed E-state index contributed by atoms with van der Waals surface area (Å²) in [6.07, 6.45) is -4.20. The molecule has 5 heteroatoms. The van der Waals surface area contributed by atoms with Crippen molar-refractivity contribution in [2.45, 2.75) is 51.7 Å². The van der Waals surface area contributed by atoms with Gasteiger partial charge in [0.05, 0.1) is 0 Å². The van der Waals surface area contributed by atoms with Crippen LogP contribution in [0.2, 0.25) is 0 Å². The largest absolute Gasteiger partial charge is 0.389 e. The first-order valence-electron chi connectivity index (χ1n) is 6.13. The minimum absolute atomic E-state index is 0.00241. The van der Waals surface area contributed by atoms with Gasteiger partial charge in [-0.1, -0.05) is 0 Å². The van der Waals surface area contributed by atoms with Crippen LogP contribution >= 0.6 is 0 Å². The van der Waals surface area contributed by atoms with E-state index in [9.17, 15) is 18.0 Å². The van der Waals surface area contributed by atoms with Crippen molar-refractivity contribution in [2.75, 3.05) is 13.1 Å². The Bertz CT molecular complexity index is 263. The normalized spacial score (nSPS) is 22.4. The fourth-order valence-electron chi connectivity index (χ4n) is 2.19. The third-order valence-corrected chi connectivity index (χ3v) is 3.29. The average molecular weight is 251 g/mol. The Hall–Kier alpha value is -0.580. The monoisotopic (exact) mass is 251 g/mol. The average Bonchev–Trinajstić information content (AvgIpc) is 2.63. The number of alkyl halides is 3. The fourth-order valence-corrected chi connectivity index (χ4v) is 2.19. The molecule has 1 heterocycles. The van der Waals surface area contributed by atoms with Crippen LogP contribution in [-0.4, -0.2) is 36.0 Å². The number of halogens is 3. The minimum atomic E-state index is -4.14. The van der Waals surface area contributed by atoms with Gasteiger partial charge >= 0.3 is 6.18 Å². The van der Waals surface area contributed by atoms with Gasteiger partial charge in [-0.2, -0.15) is 13.2 Å². The van der Waals surface area contributed by atoms with Gasteiger partial charge < -0.3 is 4.90 Å². The second-order valence-electron chi connectivity index (χ2n) is 5.01. The quantitative estimate of drug-likeness (QED) is 0.748. The molecule has 1 rings (SSSR count). The van der Waals surface area contributed by atoms with Crippen molar-refractivity contribution in [2.24, 2.45) is 5.92 Å². The van der Waals surface area contributed by atoms with Gasteiger partial charge in [0.25, 0.3) is 0 Å². The molecule has 100 valence electrons. The number of Topliss-reactive ketones (excluding diaryl/α,β-unsaturated/α-hetero) is 1. The number of hydrogen-bond acceptors (Lipinski definition) is 2. The van der Waals surface area contributed by atoms with Crippen LogP contribution in [-0.2, 0) is 4.79 Å². The van der Waals surface area contributed by atoms with Crippen LogP contribution < -0.4 is 0 Å². The summed E-state index contributed by atoms with van der Waals surface area (Å²) < 4.78 is 35.8. The second-order valence-corrected chi connectivity index (χ2v) is 5.01. The molecule has 1 saturated heterocycles. The molecule has 2 nitrogen and oxygen atoms in total. The maximum absolute atomic E-state index is 11.9. The molecule has 0 saturated carbocycles. The van der Waals surface area contributed by atoms with Crippen molar-refractivity contribution in [3.8, 4) is 0 Å². The topological polar surface area (TPSA) is 20.3 Å². The summed E-state index contributed by atoms with van der Waals surface area (Å²) in [5, 5.41) is 0. The van der Waals surface area contributed by atoms with Crippen LogP contribution in [0.25, 0.3) is 0 Å². The molecule has 1 unspecified atom stereocenters. The van der Waals surface area contributed by atoms with Crippen molar-refractivity contribution in [1.82, 2.24) is 4.90 Å². The number of ketones is 1. The van der Waals surface area contributed by atoms with Gasteiger partial charge in [0.1, 0.15) is 5.78 Å². The Morgan fingerprint density at radius 3 is 2.53 bits per heavy atom. The maximum Gasteiger partial charge on any atom is 0.389 e. The first kappa shape index (κ1) is 14.5. The van der Waals surface area contributed by atoms with Gasteiger partial charge in [0, 0.05) is 31.3 Å². The molecule has 1 atom stereocenters. The van der Waals surface area contributed by atoms with E-state index in [0.717, 1.165) is 13.0 Å². The molecule has 1 fully saturated rings. The van der Waals surface area contributed by atoms with Gasteiger partial charge in [-0.05, 0) is 33.2 Å². The lowest BCUT2D eigenvalue weighted by Gasteiger charge is -2.19. The number of nitrogens with zero attached hydrogens (tertiary/aromatic N) is 1. The molecule has 0 aromatic rings. The highest BCUT2D eigenvalue weighted by Gasteiger charge is 2.31. The van der Waals surface area contributed by atoms with Gasteiger partial charge in [-0.3, -0.25) is 4.79 Å². The van der Waals surface area contributed by atoms with Gasteiger partial charge in [0.2, 0.25) is 0 Å². The van der Waals surface area contributed by atoms with Crippen molar-refractivity contribution >= 4 is 5.78 Å². The number of rotatable bonds is 5. The van der Waals surface area contributed by atoms with E-state index >= 15 is 0 Å². The lowest BCUT2D eigenvalue weighted by atomic mass is 9.99. The Morgan fingerprint density at radius 1 is 1.41 bits per heavy atom. The molecule has 0 spiro atoms. The van der Waals surface area contributed by atoms with Crippen molar-refractivity contribution in [3.05, 3.63) is 0 Å². The highest BCUT2D eigenvalue weighted by Crippen LogP contribution is 2.25. The van der Waals surface area contributed by atoms with Crippen molar-refractivity contribution in [3.63, 3.8) is 0 Å². The maximum atomic E-state index is 11.9. The Kier molecular flexibility index (Phi) is 4.98. The van der Waals surface area contributed by atoms with Crippen LogP contribution in [0, 0.1) is 5.92 Å². The second kappa shape index (κ2) is 5.85. The van der Waals surface area contributed by atoms with Crippen LogP contribution in [0.4, 0.5) is 13.2 Å². The molecule has 1 aliphatic rings. The zero-order valence-electron chi connectivity index (χ0n) is 10.4. The Labute approximate surface area is 100 Å². The molecule has 0 aromatic carbocycles. The fraction of sp³-hybridized carbons (Fsp3) is 0.917. The standard InChI is InChI=1S/C12H20F3NO/c1-9(2)16-7-5-10(8-16)11(17)4-3-6-12(13,14)15/h9-10H,3-8H2,1-2H3. The lowest BCUT2D eigenvalue weighted by molar-refractivity contribution is -0.137. The first-order valence-corrected chi connectivity index (χ1v) is 6.13. The van der Waals surface area contributed by atoms with E-state index < -0.39 is 12.6 Å². The van der Waals surface area contributed by atoms with Gasteiger partial charge in [0.15, 0.2) is 0 Å². The zero-order chi connectivity index (χ0) is 13.1. The predicted molar refractivity (Wildman–Crippen MR) is 59.7 cm³/mol. The third-order valence-electron chi connectivity index (χ3n) is 3.29. The first-order chi connectivity index (χ1) is 7.79. The summed E-state index contributed by atoms with van der Waals surface area (Å²) >= 11 is 0. The summed E-state index contributed by atoms with van der Waals surface area (Å²) in [5.74, 6) is -0.0527. The van der Waals surface area contributed by atoms with Gasteiger partial charge in [-0.25, -0.2) is 0 Å². The molecule has 1 aliphatic heterocycles. The van der Waals surface area contributed by atoms with Crippen molar-refractivity contribution < 1.29 is 18.0 Å². The van der Waals surface area contributed by atoms with Crippen molar-refractivity contribution in [1.29, 1.82) is 0 Å². The van der Waals surface area contributed by atoms with E-state index in [0.29, 0.717) is 12.6 Å². The molecule has 17 heavy (non-hydrogen) atoms. The van der Waals surface area contributed by atoms with Gasteiger partial charge in [-0.15, -0.1) is 0 Å². The van der Waals surface area contributed by atoms with E-state index in [-0.39, 0.29) is 24.5 Å². The summed E-state index contributed by atoms with van der Waals surface area (Å²) in [5.41, 5.74) is 0. The molecule has 0 N–H and O–H groups in total. The molecule has 0 aromatic heterocycles. The minimum Gasteiger partial charge on any atom is -0.300 e. The van der Waals surface area contributed by atoms with E-state index in [1.807, 2.05) is 0 Å². The van der Waals surface area contributed by atoms with Crippen LogP contribution in [0.15, 0.2) is 0 Å². The van der Waals surface area contributed by atoms with Crippen LogP contribution in [0.1, 0.15) is 39.5 Å². The summed E-state index contributed by atoms with van der Waals surface area (Å²) in [7, 11) is 0. The molecule has 0 bridgehead atoms. The summed E-state index contributed by atoms with van der Waals surface area (Å²) in [6, 6.07) is 0.406. The number of hydrogen-bond donors (Lipinski definition) is 0. The van der Waals surface area contributed by atoms with Crippen LogP contribution in [0.5, 0.6) is 0 Å². The molecule has 0 amide bonds. The molecular formula is C12H20F3NO. The number of carbonyl (C=O) groups is 1. The van der Waals surface area contributed by atoms with E-state index in [4.69, 9.17) is 0 Å². The van der Waals surface area contributed by atoms with E-state index in [2.05, 4.69) is 18.7 Å². The summed E-state index contributed by atoms with van der Waals surface area (Å²) in [4.78, 5) is 13.9. The predicted octanol–water partition coefficient (Wildman–Crippen LogP) is 3.02. The van der Waals surface area contributed by atoms with Crippen LogP contribution in [0.3, 0.4) is 0 Å². The molecule has 0 aliphatic carbocycles. The Morgan fingerprint density at radius 2 is 2.06 bits per heavy atom. The number of likely N-dealkylation sites (tertiary alicyclic amines) is 1. The molecule has 0 radical (unpaired) electrons. The lowest BCUT2D eigenvalue weighted by Crippen LogP contribution is -2.29. The highest BCUT2D eigenvalue weighted by molar-refractivity contribution is 5.81. The summed E-state index contributed by atoms with van der Waals surface area (Å²) in [6.45, 7) is 5.73. The zero-order valence-corrected chi connectivity index (χ0v) is 10.4. The SMILES string of the molecule is CC(C)N1CCC(C(=O)CCCC(F)(F)F)C1. The smallest absolute Gasteiger partial charge is 0.300 e. The molecular weight excluding hydrogens is 231 g/mol. The Balaban J connectivity index is 2.26.